The Kier molecular flexibility index (Phi) is 7.16. The fourth-order valence-electron chi connectivity index (χ4n) is 2.98. The molecule has 1 atom stereocenters. The lowest BCUT2D eigenvalue weighted by Crippen LogP contribution is -2.27. The largest absolute Gasteiger partial charge is 0.497 e. The zero-order valence-electron chi connectivity index (χ0n) is 16.3. The average Bonchev–Trinajstić information content (AvgIpc) is 2.77. The lowest BCUT2D eigenvalue weighted by atomic mass is 9.98. The number of hydrogen-bond acceptors (Lipinski definition) is 3. The van der Waals surface area contributed by atoms with Crippen LogP contribution in [0.5, 0.6) is 11.5 Å². The third kappa shape index (κ3) is 5.67. The molecule has 30 heavy (non-hydrogen) atoms. The van der Waals surface area contributed by atoms with Crippen molar-refractivity contribution >= 4 is 12.0 Å². The van der Waals surface area contributed by atoms with Crippen molar-refractivity contribution in [2.45, 2.75) is 12.7 Å². The maximum atomic E-state index is 12.6. The van der Waals surface area contributed by atoms with Crippen molar-refractivity contribution < 1.29 is 23.0 Å². The molecule has 154 valence electrons. The van der Waals surface area contributed by atoms with E-state index in [1.165, 1.54) is 18.2 Å². The second-order valence-electron chi connectivity index (χ2n) is 6.38. The molecule has 4 nitrogen and oxygen atoms in total. The summed E-state index contributed by atoms with van der Waals surface area (Å²) in [5.74, 6) is 0.352. The normalized spacial score (nSPS) is 12.0. The first-order valence-corrected chi connectivity index (χ1v) is 9.28. The predicted molar refractivity (Wildman–Crippen MR) is 112 cm³/mol. The summed E-state index contributed by atoms with van der Waals surface area (Å²) in [4.78, 5) is 12.6. The van der Waals surface area contributed by atoms with Gasteiger partial charge in [-0.25, -0.2) is 0 Å². The van der Waals surface area contributed by atoms with E-state index >= 15 is 0 Å². The van der Waals surface area contributed by atoms with Crippen LogP contribution in [0.3, 0.4) is 0 Å². The van der Waals surface area contributed by atoms with E-state index in [0.717, 1.165) is 11.1 Å². The molecule has 3 rings (SSSR count). The number of carbonyl (C=O) groups is 1. The second-order valence-corrected chi connectivity index (χ2v) is 6.38. The molecule has 0 heterocycles. The van der Waals surface area contributed by atoms with E-state index < -0.39 is 6.61 Å². The summed E-state index contributed by atoms with van der Waals surface area (Å²) < 4.78 is 34.8. The van der Waals surface area contributed by atoms with Gasteiger partial charge in [0.05, 0.1) is 13.2 Å². The number of benzene rings is 3. The number of para-hydroxylation sites is 1. The third-order valence-electron chi connectivity index (χ3n) is 4.42. The molecule has 1 N–H and O–H groups in total. The average molecular weight is 409 g/mol. The third-order valence-corrected chi connectivity index (χ3v) is 4.42. The molecule has 0 aliphatic rings. The van der Waals surface area contributed by atoms with Crippen LogP contribution in [-0.4, -0.2) is 19.6 Å². The van der Waals surface area contributed by atoms with Crippen molar-refractivity contribution in [3.05, 3.63) is 102 Å². The summed E-state index contributed by atoms with van der Waals surface area (Å²) in [6, 6.07) is 22.8. The summed E-state index contributed by atoms with van der Waals surface area (Å²) in [5, 5.41) is 2.96. The molecule has 0 aliphatic heterocycles. The molecule has 0 aliphatic carbocycles. The Morgan fingerprint density at radius 2 is 1.53 bits per heavy atom. The van der Waals surface area contributed by atoms with E-state index in [0.29, 0.717) is 11.3 Å². The number of amides is 1. The van der Waals surface area contributed by atoms with E-state index in [1.807, 2.05) is 54.6 Å². The van der Waals surface area contributed by atoms with Gasteiger partial charge in [-0.05, 0) is 35.4 Å². The minimum absolute atomic E-state index is 0.00585. The number of ether oxygens (including phenoxy) is 2. The highest BCUT2D eigenvalue weighted by Gasteiger charge is 2.16. The van der Waals surface area contributed by atoms with Crippen LogP contribution in [0.25, 0.3) is 6.08 Å². The molecule has 0 fully saturated rings. The fraction of sp³-hybridized carbons (Fsp3) is 0.125. The van der Waals surface area contributed by atoms with E-state index in [-0.39, 0.29) is 17.7 Å². The molecule has 0 bridgehead atoms. The van der Waals surface area contributed by atoms with Crippen LogP contribution in [0.4, 0.5) is 8.78 Å². The van der Waals surface area contributed by atoms with E-state index in [2.05, 4.69) is 10.1 Å². The van der Waals surface area contributed by atoms with Crippen molar-refractivity contribution in [1.29, 1.82) is 0 Å². The van der Waals surface area contributed by atoms with Crippen LogP contribution in [0.2, 0.25) is 0 Å². The van der Waals surface area contributed by atoms with Crippen LogP contribution in [0.1, 0.15) is 22.7 Å². The predicted octanol–water partition coefficient (Wildman–Crippen LogP) is 5.22. The quantitative estimate of drug-likeness (QED) is 0.519. The molecular weight excluding hydrogens is 388 g/mol. The zero-order chi connectivity index (χ0) is 21.3. The van der Waals surface area contributed by atoms with Gasteiger partial charge in [0, 0.05) is 11.6 Å². The summed E-state index contributed by atoms with van der Waals surface area (Å²) >= 11 is 0. The van der Waals surface area contributed by atoms with E-state index in [9.17, 15) is 13.6 Å². The molecule has 3 aromatic rings. The van der Waals surface area contributed by atoms with Crippen molar-refractivity contribution in [1.82, 2.24) is 5.32 Å². The molecule has 0 aromatic heterocycles. The van der Waals surface area contributed by atoms with Crippen molar-refractivity contribution in [2.75, 3.05) is 7.11 Å². The molecular formula is C24H21F2NO3. The van der Waals surface area contributed by atoms with Gasteiger partial charge in [0.25, 0.3) is 0 Å². The monoisotopic (exact) mass is 409 g/mol. The molecule has 3 aromatic carbocycles. The number of nitrogens with one attached hydrogen (secondary N) is 1. The van der Waals surface area contributed by atoms with Crippen molar-refractivity contribution in [2.24, 2.45) is 0 Å². The number of rotatable bonds is 8. The molecule has 0 saturated carbocycles. The number of alkyl halides is 2. The Morgan fingerprint density at radius 3 is 2.20 bits per heavy atom. The standard InChI is InChI=1S/C24H21F2NO3/c1-29-20-14-11-19(12-15-20)23(18-8-3-2-4-9-18)27-22(28)16-13-17-7-5-6-10-21(17)30-24(25)26/h2-16,23-24H,1H3,(H,27,28)/b16-13+. The first-order valence-electron chi connectivity index (χ1n) is 9.28. The van der Waals surface area contributed by atoms with Gasteiger partial charge in [-0.1, -0.05) is 60.7 Å². The highest BCUT2D eigenvalue weighted by atomic mass is 19.3. The van der Waals surface area contributed by atoms with Gasteiger partial charge in [-0.15, -0.1) is 0 Å². The molecule has 0 radical (unpaired) electrons. The SMILES string of the molecule is COc1ccc(C(NC(=O)/C=C/c2ccccc2OC(F)F)c2ccccc2)cc1. The molecule has 1 amide bonds. The summed E-state index contributed by atoms with van der Waals surface area (Å²) in [6.45, 7) is -2.94. The summed E-state index contributed by atoms with van der Waals surface area (Å²) in [7, 11) is 1.59. The van der Waals surface area contributed by atoms with Crippen LogP contribution in [0, 0.1) is 0 Å². The second kappa shape index (κ2) is 10.2. The topological polar surface area (TPSA) is 47.6 Å². The number of carbonyl (C=O) groups excluding carboxylic acids is 1. The van der Waals surface area contributed by atoms with Crippen LogP contribution >= 0.6 is 0 Å². The Bertz CT molecular complexity index is 989. The highest BCUT2D eigenvalue weighted by molar-refractivity contribution is 5.92. The zero-order valence-corrected chi connectivity index (χ0v) is 16.3. The van der Waals surface area contributed by atoms with Gasteiger partial charge in [0.1, 0.15) is 11.5 Å². The molecule has 6 heteroatoms. The van der Waals surface area contributed by atoms with Gasteiger partial charge in [0.2, 0.25) is 5.91 Å². The van der Waals surface area contributed by atoms with Gasteiger partial charge < -0.3 is 14.8 Å². The number of halogens is 2. The number of methoxy groups -OCH3 is 1. The van der Waals surface area contributed by atoms with Gasteiger partial charge >= 0.3 is 6.61 Å². The van der Waals surface area contributed by atoms with Crippen molar-refractivity contribution in [3.63, 3.8) is 0 Å². The minimum atomic E-state index is -2.94. The van der Waals surface area contributed by atoms with E-state index in [4.69, 9.17) is 4.74 Å². The lowest BCUT2D eigenvalue weighted by molar-refractivity contribution is -0.116. The van der Waals surface area contributed by atoms with Crippen LogP contribution < -0.4 is 14.8 Å². The first-order chi connectivity index (χ1) is 14.6. The highest BCUT2D eigenvalue weighted by Crippen LogP contribution is 2.25. The Hall–Kier alpha value is -3.67. The first kappa shape index (κ1) is 21.0. The molecule has 1 unspecified atom stereocenters. The smallest absolute Gasteiger partial charge is 0.387 e. The van der Waals surface area contributed by atoms with Gasteiger partial charge in [-0.2, -0.15) is 8.78 Å². The Balaban J connectivity index is 1.81. The maximum Gasteiger partial charge on any atom is 0.387 e. The molecule has 0 spiro atoms. The maximum absolute atomic E-state index is 12.6. The van der Waals surface area contributed by atoms with Crippen LogP contribution in [-0.2, 0) is 4.79 Å². The fourth-order valence-corrected chi connectivity index (χ4v) is 2.98. The molecule has 0 saturated heterocycles. The van der Waals surface area contributed by atoms with E-state index in [1.54, 1.807) is 25.3 Å². The Morgan fingerprint density at radius 1 is 0.900 bits per heavy atom. The van der Waals surface area contributed by atoms with Gasteiger partial charge in [-0.3, -0.25) is 4.79 Å². The summed E-state index contributed by atoms with van der Waals surface area (Å²) in [6.07, 6.45) is 2.75. The van der Waals surface area contributed by atoms with Gasteiger partial charge in [0.15, 0.2) is 0 Å². The minimum Gasteiger partial charge on any atom is -0.497 e. The Labute approximate surface area is 173 Å². The van der Waals surface area contributed by atoms with Crippen molar-refractivity contribution in [3.8, 4) is 11.5 Å². The lowest BCUT2D eigenvalue weighted by Gasteiger charge is -2.19. The van der Waals surface area contributed by atoms with Crippen LogP contribution in [0.15, 0.2) is 84.9 Å². The summed E-state index contributed by atoms with van der Waals surface area (Å²) in [5.41, 5.74) is 2.17. The number of hydrogen-bond donors (Lipinski definition) is 1.